The molecule has 4 heterocycles. The second kappa shape index (κ2) is 11.9. The van der Waals surface area contributed by atoms with E-state index in [1.54, 1.807) is 6.07 Å². The zero-order chi connectivity index (χ0) is 27.6. The number of piperidine rings is 1. The Bertz CT molecular complexity index is 1500. The summed E-state index contributed by atoms with van der Waals surface area (Å²) in [6, 6.07) is 11.6. The Kier molecular flexibility index (Phi) is 8.14. The van der Waals surface area contributed by atoms with Crippen molar-refractivity contribution in [2.75, 3.05) is 32.7 Å². The molecule has 2 aromatic carbocycles. The maximum absolute atomic E-state index is 15.4. The molecular weight excluding hydrogens is 528 g/mol. The second-order valence-corrected chi connectivity index (χ2v) is 12.1. The summed E-state index contributed by atoms with van der Waals surface area (Å²) in [6.45, 7) is 6.15. The molecular formula is C31H37F2N5OS. The number of halogens is 2. The number of thiazole rings is 1. The fourth-order valence-corrected chi connectivity index (χ4v) is 7.18. The number of hydrogen-bond donors (Lipinski definition) is 2. The van der Waals surface area contributed by atoms with Crippen molar-refractivity contribution in [3.05, 3.63) is 59.0 Å². The van der Waals surface area contributed by atoms with Gasteiger partial charge >= 0.3 is 0 Å². The first-order valence-corrected chi connectivity index (χ1v) is 15.4. The number of nitrogens with one attached hydrogen (secondary N) is 2. The highest BCUT2D eigenvalue weighted by Crippen LogP contribution is 2.36. The van der Waals surface area contributed by atoms with Crippen LogP contribution in [0.2, 0.25) is 0 Å². The number of likely N-dealkylation sites (tertiary alicyclic amines) is 1. The number of rotatable bonds is 9. The Morgan fingerprint density at radius 1 is 1.18 bits per heavy atom. The molecule has 1 amide bonds. The monoisotopic (exact) mass is 565 g/mol. The number of nitrogens with zero attached hydrogens (tertiary/aromatic N) is 3. The molecule has 0 bridgehead atoms. The van der Waals surface area contributed by atoms with Gasteiger partial charge in [0.15, 0.2) is 4.96 Å². The highest BCUT2D eigenvalue weighted by molar-refractivity contribution is 7.23. The zero-order valence-electron chi connectivity index (χ0n) is 23.0. The molecule has 6 rings (SSSR count). The van der Waals surface area contributed by atoms with E-state index in [0.717, 1.165) is 84.7 Å². The summed E-state index contributed by atoms with van der Waals surface area (Å²) in [5.41, 5.74) is 4.85. The highest BCUT2D eigenvalue weighted by atomic mass is 32.1. The highest BCUT2D eigenvalue weighted by Gasteiger charge is 2.23. The minimum Gasteiger partial charge on any atom is -0.352 e. The summed E-state index contributed by atoms with van der Waals surface area (Å²) in [7, 11) is 0. The van der Waals surface area contributed by atoms with Gasteiger partial charge in [-0.1, -0.05) is 30.7 Å². The zero-order valence-corrected chi connectivity index (χ0v) is 23.8. The number of alkyl halides is 1. The Balaban J connectivity index is 1.20. The van der Waals surface area contributed by atoms with Gasteiger partial charge in [-0.05, 0) is 87.5 Å². The summed E-state index contributed by atoms with van der Waals surface area (Å²) < 4.78 is 31.9. The van der Waals surface area contributed by atoms with Gasteiger partial charge in [0.2, 0.25) is 0 Å². The summed E-state index contributed by atoms with van der Waals surface area (Å²) in [4.78, 5) is 20.9. The van der Waals surface area contributed by atoms with Crippen LogP contribution in [-0.4, -0.2) is 59.1 Å². The predicted octanol–water partition coefficient (Wildman–Crippen LogP) is 6.29. The number of fused-ring (bicyclic) bond motifs is 3. The van der Waals surface area contributed by atoms with Gasteiger partial charge in [0.25, 0.3) is 5.91 Å². The molecule has 1 unspecified atom stereocenters. The van der Waals surface area contributed by atoms with Crippen LogP contribution >= 0.6 is 11.3 Å². The Morgan fingerprint density at radius 2 is 2.02 bits per heavy atom. The normalized spacial score (nSPS) is 18.7. The molecule has 9 heteroatoms. The lowest BCUT2D eigenvalue weighted by Crippen LogP contribution is -2.36. The van der Waals surface area contributed by atoms with Gasteiger partial charge in [-0.3, -0.25) is 9.20 Å². The van der Waals surface area contributed by atoms with E-state index in [-0.39, 0.29) is 17.8 Å². The SMILES string of the molecule is CCCc1c(-c2ccc(C3CCCN3)cc2F)nc2sc3cc(C(=O)NCCCN4CCC(F)CC4)ccc3n12. The maximum atomic E-state index is 15.4. The molecule has 212 valence electrons. The van der Waals surface area contributed by atoms with Crippen molar-refractivity contribution >= 4 is 32.4 Å². The third-order valence-electron chi connectivity index (χ3n) is 8.26. The van der Waals surface area contributed by atoms with Crippen molar-refractivity contribution in [3.63, 3.8) is 0 Å². The number of amides is 1. The molecule has 2 N–H and O–H groups in total. The lowest BCUT2D eigenvalue weighted by atomic mass is 10.0. The van der Waals surface area contributed by atoms with E-state index in [2.05, 4.69) is 26.9 Å². The molecule has 4 aromatic rings. The lowest BCUT2D eigenvalue weighted by Gasteiger charge is -2.28. The molecule has 0 radical (unpaired) electrons. The molecule has 2 aromatic heterocycles. The van der Waals surface area contributed by atoms with Gasteiger partial charge in [0, 0.05) is 36.8 Å². The Labute approximate surface area is 237 Å². The van der Waals surface area contributed by atoms with Crippen LogP contribution in [0.3, 0.4) is 0 Å². The maximum Gasteiger partial charge on any atom is 0.251 e. The molecule has 2 fully saturated rings. The summed E-state index contributed by atoms with van der Waals surface area (Å²) in [6.07, 6.45) is 5.23. The van der Waals surface area contributed by atoms with Crippen LogP contribution in [0.5, 0.6) is 0 Å². The van der Waals surface area contributed by atoms with Gasteiger partial charge in [-0.25, -0.2) is 13.8 Å². The standard InChI is InChI=1S/C31H37F2N5OS/c1-2-5-27-29(23-9-7-20(18-24(23)33)25-6-3-13-34-25)36-31-38(27)26-10-8-21(19-28(26)40-31)30(39)35-14-4-15-37-16-11-22(32)12-17-37/h7-10,18-19,22,25,34H,2-6,11-17H2,1H3,(H,35,39). The third kappa shape index (κ3) is 5.51. The predicted molar refractivity (Wildman–Crippen MR) is 157 cm³/mol. The van der Waals surface area contributed by atoms with Gasteiger partial charge in [-0.15, -0.1) is 0 Å². The number of aromatic nitrogens is 2. The molecule has 0 aliphatic carbocycles. The summed E-state index contributed by atoms with van der Waals surface area (Å²) >= 11 is 1.53. The largest absolute Gasteiger partial charge is 0.352 e. The fourth-order valence-electron chi connectivity index (χ4n) is 6.09. The van der Waals surface area contributed by atoms with Crippen LogP contribution in [-0.2, 0) is 6.42 Å². The number of carbonyl (C=O) groups excluding carboxylic acids is 1. The number of carbonyl (C=O) groups is 1. The van der Waals surface area contributed by atoms with E-state index in [9.17, 15) is 9.18 Å². The number of imidazole rings is 1. The number of hydrogen-bond acceptors (Lipinski definition) is 5. The lowest BCUT2D eigenvalue weighted by molar-refractivity contribution is 0.0950. The molecule has 0 spiro atoms. The van der Waals surface area contributed by atoms with Crippen molar-refractivity contribution in [1.29, 1.82) is 0 Å². The first kappa shape index (κ1) is 27.3. The van der Waals surface area contributed by atoms with E-state index < -0.39 is 6.17 Å². The van der Waals surface area contributed by atoms with E-state index in [1.165, 1.54) is 11.3 Å². The summed E-state index contributed by atoms with van der Waals surface area (Å²) in [5.74, 6) is -0.326. The van der Waals surface area contributed by atoms with Crippen LogP contribution in [0.25, 0.3) is 26.4 Å². The first-order chi connectivity index (χ1) is 19.5. The Hall–Kier alpha value is -2.88. The molecule has 40 heavy (non-hydrogen) atoms. The molecule has 2 aliphatic heterocycles. The van der Waals surface area contributed by atoms with Crippen LogP contribution in [0.15, 0.2) is 36.4 Å². The number of aryl methyl sites for hydroxylation is 1. The average Bonchev–Trinajstić information content (AvgIpc) is 3.69. The van der Waals surface area contributed by atoms with Crippen molar-refractivity contribution in [3.8, 4) is 11.3 Å². The minimum atomic E-state index is -0.665. The van der Waals surface area contributed by atoms with Crippen LogP contribution in [0.1, 0.15) is 73.1 Å². The quantitative estimate of drug-likeness (QED) is 0.234. The molecule has 0 saturated carbocycles. The smallest absolute Gasteiger partial charge is 0.251 e. The third-order valence-corrected chi connectivity index (χ3v) is 9.26. The molecule has 6 nitrogen and oxygen atoms in total. The topological polar surface area (TPSA) is 61.7 Å². The van der Waals surface area contributed by atoms with Gasteiger partial charge in [0.05, 0.1) is 21.6 Å². The Morgan fingerprint density at radius 3 is 2.77 bits per heavy atom. The van der Waals surface area contributed by atoms with Gasteiger partial charge in [0.1, 0.15) is 12.0 Å². The van der Waals surface area contributed by atoms with E-state index in [4.69, 9.17) is 4.98 Å². The average molecular weight is 566 g/mol. The number of benzene rings is 2. The van der Waals surface area contributed by atoms with Crippen LogP contribution < -0.4 is 10.6 Å². The van der Waals surface area contributed by atoms with Gasteiger partial charge < -0.3 is 15.5 Å². The van der Waals surface area contributed by atoms with Crippen molar-refractivity contribution in [2.45, 2.75) is 64.1 Å². The van der Waals surface area contributed by atoms with Crippen LogP contribution in [0.4, 0.5) is 8.78 Å². The van der Waals surface area contributed by atoms with Crippen molar-refractivity contribution in [1.82, 2.24) is 24.9 Å². The minimum absolute atomic E-state index is 0.0937. The molecule has 1 atom stereocenters. The molecule has 2 saturated heterocycles. The van der Waals surface area contributed by atoms with Crippen LogP contribution in [0, 0.1) is 5.82 Å². The summed E-state index contributed by atoms with van der Waals surface area (Å²) in [5, 5.41) is 6.47. The second-order valence-electron chi connectivity index (χ2n) is 11.1. The van der Waals surface area contributed by atoms with Crippen molar-refractivity contribution < 1.29 is 13.6 Å². The van der Waals surface area contributed by atoms with Crippen molar-refractivity contribution in [2.24, 2.45) is 0 Å². The first-order valence-electron chi connectivity index (χ1n) is 14.6. The van der Waals surface area contributed by atoms with E-state index in [1.807, 2.05) is 30.3 Å². The van der Waals surface area contributed by atoms with E-state index in [0.29, 0.717) is 36.2 Å². The fraction of sp³-hybridized carbons (Fsp3) is 0.484. The van der Waals surface area contributed by atoms with E-state index >= 15 is 4.39 Å². The molecule has 2 aliphatic rings. The van der Waals surface area contributed by atoms with Gasteiger partial charge in [-0.2, -0.15) is 0 Å².